The van der Waals surface area contributed by atoms with Crippen molar-refractivity contribution in [3.8, 4) is 0 Å². The van der Waals surface area contributed by atoms with Crippen molar-refractivity contribution >= 4 is 22.8 Å². The van der Waals surface area contributed by atoms with Crippen molar-refractivity contribution < 1.29 is 9.53 Å². The van der Waals surface area contributed by atoms with Gasteiger partial charge in [0.25, 0.3) is 0 Å². The van der Waals surface area contributed by atoms with Gasteiger partial charge >= 0.3 is 0 Å². The van der Waals surface area contributed by atoms with Crippen LogP contribution in [-0.2, 0) is 10.2 Å². The molecule has 1 unspecified atom stereocenters. The van der Waals surface area contributed by atoms with Crippen LogP contribution in [0.15, 0.2) is 0 Å². The van der Waals surface area contributed by atoms with Crippen molar-refractivity contribution in [2.75, 3.05) is 25.7 Å². The van der Waals surface area contributed by atoms with Crippen LogP contribution in [0, 0.1) is 0 Å². The summed E-state index contributed by atoms with van der Waals surface area (Å²) in [7, 11) is 3.66. The standard InChI is InChI=1S/C13H22N2O2S/c1-9(8-17-6)15(5)12-14-11(13(2,3)4)10(7-16)18-12/h7,9H,8H2,1-6H3. The summed E-state index contributed by atoms with van der Waals surface area (Å²) in [6, 6.07) is 0.230. The maximum atomic E-state index is 11.1. The number of ether oxygens (including phenoxy) is 1. The minimum absolute atomic E-state index is 0.115. The predicted octanol–water partition coefficient (Wildman–Crippen LogP) is 2.72. The first-order chi connectivity index (χ1) is 8.31. The number of carbonyl (C=O) groups is 1. The molecule has 0 aromatic carbocycles. The Morgan fingerprint density at radius 3 is 2.50 bits per heavy atom. The summed E-state index contributed by atoms with van der Waals surface area (Å²) in [6.07, 6.45) is 0.899. The minimum atomic E-state index is -0.115. The monoisotopic (exact) mass is 270 g/mol. The van der Waals surface area contributed by atoms with E-state index in [4.69, 9.17) is 4.74 Å². The highest BCUT2D eigenvalue weighted by molar-refractivity contribution is 7.17. The Labute approximate surface area is 113 Å². The maximum Gasteiger partial charge on any atom is 0.186 e. The topological polar surface area (TPSA) is 42.4 Å². The second kappa shape index (κ2) is 5.80. The molecule has 0 spiro atoms. The third kappa shape index (κ3) is 3.29. The van der Waals surface area contributed by atoms with Gasteiger partial charge in [-0.1, -0.05) is 32.1 Å². The van der Waals surface area contributed by atoms with Crippen LogP contribution in [0.4, 0.5) is 5.13 Å². The lowest BCUT2D eigenvalue weighted by molar-refractivity contribution is 0.112. The number of hydrogen-bond donors (Lipinski definition) is 0. The first kappa shape index (κ1) is 15.1. The lowest BCUT2D eigenvalue weighted by Gasteiger charge is -2.23. The molecule has 0 radical (unpaired) electrons. The Morgan fingerprint density at radius 2 is 2.11 bits per heavy atom. The van der Waals surface area contributed by atoms with Crippen molar-refractivity contribution in [3.63, 3.8) is 0 Å². The van der Waals surface area contributed by atoms with Gasteiger partial charge in [-0.25, -0.2) is 4.98 Å². The Bertz CT molecular complexity index is 410. The van der Waals surface area contributed by atoms with Crippen molar-refractivity contribution in [3.05, 3.63) is 10.6 Å². The van der Waals surface area contributed by atoms with E-state index in [9.17, 15) is 4.79 Å². The summed E-state index contributed by atoms with van der Waals surface area (Å²) in [5, 5.41) is 0.867. The van der Waals surface area contributed by atoms with Gasteiger partial charge in [0.05, 0.1) is 23.2 Å². The van der Waals surface area contributed by atoms with Gasteiger partial charge in [-0.15, -0.1) is 0 Å². The summed E-state index contributed by atoms with van der Waals surface area (Å²) < 4.78 is 5.14. The van der Waals surface area contributed by atoms with Gasteiger partial charge in [-0.05, 0) is 6.92 Å². The molecule has 4 nitrogen and oxygen atoms in total. The minimum Gasteiger partial charge on any atom is -0.383 e. The van der Waals surface area contributed by atoms with E-state index in [-0.39, 0.29) is 11.5 Å². The van der Waals surface area contributed by atoms with E-state index in [0.29, 0.717) is 11.5 Å². The van der Waals surface area contributed by atoms with E-state index in [1.54, 1.807) is 7.11 Å². The zero-order valence-electron chi connectivity index (χ0n) is 12.0. The van der Waals surface area contributed by atoms with Crippen LogP contribution in [0.2, 0.25) is 0 Å². The summed E-state index contributed by atoms with van der Waals surface area (Å²) in [6.45, 7) is 8.91. The summed E-state index contributed by atoms with van der Waals surface area (Å²) in [5.74, 6) is 0. The molecule has 0 saturated heterocycles. The van der Waals surface area contributed by atoms with Crippen molar-refractivity contribution in [2.24, 2.45) is 0 Å². The predicted molar refractivity (Wildman–Crippen MR) is 75.9 cm³/mol. The van der Waals surface area contributed by atoms with Crippen molar-refractivity contribution in [2.45, 2.75) is 39.2 Å². The number of thiazole rings is 1. The Morgan fingerprint density at radius 1 is 1.50 bits per heavy atom. The second-order valence-electron chi connectivity index (χ2n) is 5.49. The number of rotatable bonds is 5. The highest BCUT2D eigenvalue weighted by Gasteiger charge is 2.25. The number of likely N-dealkylation sites (N-methyl/N-ethyl adjacent to an activating group) is 1. The third-order valence-electron chi connectivity index (χ3n) is 2.83. The zero-order chi connectivity index (χ0) is 13.9. The SMILES string of the molecule is COCC(C)N(C)c1nc(C(C)(C)C)c(C=O)s1. The molecule has 0 N–H and O–H groups in total. The number of aldehydes is 1. The molecule has 0 amide bonds. The normalized spacial score (nSPS) is 13.4. The largest absolute Gasteiger partial charge is 0.383 e. The molecule has 1 heterocycles. The first-order valence-electron chi connectivity index (χ1n) is 5.99. The molecule has 18 heavy (non-hydrogen) atoms. The molecule has 1 aromatic heterocycles. The summed E-state index contributed by atoms with van der Waals surface area (Å²) >= 11 is 1.44. The van der Waals surface area contributed by atoms with Gasteiger partial charge < -0.3 is 9.64 Å². The van der Waals surface area contributed by atoms with Crippen LogP contribution in [0.1, 0.15) is 43.1 Å². The highest BCUT2D eigenvalue weighted by Crippen LogP contribution is 2.32. The molecule has 0 aliphatic carbocycles. The Kier molecular flexibility index (Phi) is 4.87. The second-order valence-corrected chi connectivity index (χ2v) is 6.50. The average molecular weight is 270 g/mol. The molecular formula is C13H22N2O2S. The van der Waals surface area contributed by atoms with Gasteiger partial charge in [0.1, 0.15) is 0 Å². The summed E-state index contributed by atoms with van der Waals surface area (Å²) in [5.41, 5.74) is 0.755. The molecule has 0 aliphatic heterocycles. The highest BCUT2D eigenvalue weighted by atomic mass is 32.1. The lowest BCUT2D eigenvalue weighted by Crippen LogP contribution is -2.32. The molecule has 0 saturated carbocycles. The fraction of sp³-hybridized carbons (Fsp3) is 0.692. The third-order valence-corrected chi connectivity index (χ3v) is 3.90. The lowest BCUT2D eigenvalue weighted by atomic mass is 9.91. The molecule has 0 fully saturated rings. The molecule has 1 rings (SSSR count). The molecular weight excluding hydrogens is 248 g/mol. The van der Waals surface area contributed by atoms with Crippen LogP contribution in [0.5, 0.6) is 0 Å². The van der Waals surface area contributed by atoms with Crippen LogP contribution >= 0.6 is 11.3 Å². The Hall–Kier alpha value is -0.940. The van der Waals surface area contributed by atoms with E-state index in [1.165, 1.54) is 11.3 Å². The molecule has 0 aliphatic rings. The maximum absolute atomic E-state index is 11.1. The van der Waals surface area contributed by atoms with Gasteiger partial charge in [-0.3, -0.25) is 4.79 Å². The van der Waals surface area contributed by atoms with Crippen molar-refractivity contribution in [1.82, 2.24) is 4.98 Å². The van der Waals surface area contributed by atoms with Gasteiger partial charge in [0.2, 0.25) is 0 Å². The van der Waals surface area contributed by atoms with Gasteiger partial charge in [0.15, 0.2) is 11.4 Å². The van der Waals surface area contributed by atoms with Gasteiger partial charge in [-0.2, -0.15) is 0 Å². The van der Waals surface area contributed by atoms with Crippen molar-refractivity contribution in [1.29, 1.82) is 0 Å². The van der Waals surface area contributed by atoms with E-state index in [0.717, 1.165) is 17.1 Å². The number of anilines is 1. The van der Waals surface area contributed by atoms with E-state index in [1.807, 2.05) is 7.05 Å². The van der Waals surface area contributed by atoms with E-state index < -0.39 is 0 Å². The van der Waals surface area contributed by atoms with Crippen LogP contribution in [0.25, 0.3) is 0 Å². The number of methoxy groups -OCH3 is 1. The fourth-order valence-electron chi connectivity index (χ4n) is 1.63. The number of carbonyl (C=O) groups excluding carboxylic acids is 1. The van der Waals surface area contributed by atoms with E-state index >= 15 is 0 Å². The quantitative estimate of drug-likeness (QED) is 0.772. The average Bonchev–Trinajstić information content (AvgIpc) is 2.71. The molecule has 1 aromatic rings. The molecule has 5 heteroatoms. The van der Waals surface area contributed by atoms with Crippen LogP contribution < -0.4 is 4.90 Å². The smallest absolute Gasteiger partial charge is 0.186 e. The molecule has 0 bridgehead atoms. The molecule has 102 valence electrons. The summed E-state index contributed by atoms with van der Waals surface area (Å²) in [4.78, 5) is 18.5. The van der Waals surface area contributed by atoms with Crippen LogP contribution in [0.3, 0.4) is 0 Å². The number of hydrogen-bond acceptors (Lipinski definition) is 5. The van der Waals surface area contributed by atoms with Gasteiger partial charge in [0, 0.05) is 19.6 Å². The zero-order valence-corrected chi connectivity index (χ0v) is 12.8. The number of nitrogens with zero attached hydrogens (tertiary/aromatic N) is 2. The van der Waals surface area contributed by atoms with Crippen LogP contribution in [-0.4, -0.2) is 38.1 Å². The Balaban J connectivity index is 3.05. The van der Waals surface area contributed by atoms with E-state index in [2.05, 4.69) is 37.6 Å². The number of aromatic nitrogens is 1. The fourth-order valence-corrected chi connectivity index (χ4v) is 2.78. The molecule has 1 atom stereocenters. The first-order valence-corrected chi connectivity index (χ1v) is 6.81.